The van der Waals surface area contributed by atoms with Gasteiger partial charge in [-0.15, -0.1) is 0 Å². The zero-order chi connectivity index (χ0) is 25.8. The minimum absolute atomic E-state index is 0.269. The highest BCUT2D eigenvalue weighted by Crippen LogP contribution is 2.18. The summed E-state index contributed by atoms with van der Waals surface area (Å²) in [6.45, 7) is 2.61. The molecule has 0 aliphatic heterocycles. The number of aromatic amines is 1. The predicted molar refractivity (Wildman–Crippen MR) is 138 cm³/mol. The number of carbonyl (C=O) groups is 3. The highest BCUT2D eigenvalue weighted by atomic mass is 16.5. The lowest BCUT2D eigenvalue weighted by Gasteiger charge is -2.21. The molecule has 0 aliphatic rings. The molecule has 9 heteroatoms. The maximum atomic E-state index is 12.4. The summed E-state index contributed by atoms with van der Waals surface area (Å²) in [4.78, 5) is 38.4. The molecule has 2 amide bonds. The zero-order valence-corrected chi connectivity index (χ0v) is 20.2. The van der Waals surface area contributed by atoms with E-state index >= 15 is 0 Å². The summed E-state index contributed by atoms with van der Waals surface area (Å²) in [5, 5.41) is 18.2. The molecule has 0 radical (unpaired) electrons. The summed E-state index contributed by atoms with van der Waals surface area (Å²) in [7, 11) is 0. The van der Waals surface area contributed by atoms with Crippen molar-refractivity contribution in [2.75, 3.05) is 19.7 Å². The molecule has 1 heterocycles. The van der Waals surface area contributed by atoms with Crippen LogP contribution in [0, 0.1) is 0 Å². The molecule has 0 aliphatic carbocycles. The largest absolute Gasteiger partial charge is 0.465 e. The Morgan fingerprint density at radius 3 is 2.58 bits per heavy atom. The van der Waals surface area contributed by atoms with E-state index in [4.69, 9.17) is 9.84 Å². The molecular weight excluding hydrogens is 460 g/mol. The number of benzene rings is 2. The van der Waals surface area contributed by atoms with E-state index in [0.717, 1.165) is 22.0 Å². The van der Waals surface area contributed by atoms with Gasteiger partial charge in [0.25, 0.3) is 0 Å². The number of ether oxygens (including phenoxy) is 1. The van der Waals surface area contributed by atoms with Crippen molar-refractivity contribution in [1.29, 1.82) is 0 Å². The summed E-state index contributed by atoms with van der Waals surface area (Å²) < 4.78 is 5.30. The van der Waals surface area contributed by atoms with E-state index in [2.05, 4.69) is 20.9 Å². The Hall–Kier alpha value is -4.11. The molecule has 36 heavy (non-hydrogen) atoms. The lowest BCUT2D eigenvalue weighted by molar-refractivity contribution is -0.137. The van der Waals surface area contributed by atoms with Gasteiger partial charge in [0.05, 0.1) is 6.61 Å². The molecule has 1 aromatic heterocycles. The first-order valence-corrected chi connectivity index (χ1v) is 11.8. The third kappa shape index (κ3) is 8.59. The van der Waals surface area contributed by atoms with Gasteiger partial charge in [0.15, 0.2) is 0 Å². The molecule has 0 bridgehead atoms. The van der Waals surface area contributed by atoms with Gasteiger partial charge in [-0.1, -0.05) is 54.6 Å². The Bertz CT molecular complexity index is 1180. The Kier molecular flexibility index (Phi) is 10.1. The van der Waals surface area contributed by atoms with E-state index in [9.17, 15) is 14.4 Å². The van der Waals surface area contributed by atoms with Crippen LogP contribution in [0.15, 0.2) is 72.9 Å². The minimum atomic E-state index is -1.26. The molecule has 2 atom stereocenters. The van der Waals surface area contributed by atoms with Crippen LogP contribution in [0.4, 0.5) is 4.79 Å². The van der Waals surface area contributed by atoms with Crippen LogP contribution < -0.4 is 16.0 Å². The van der Waals surface area contributed by atoms with Crippen molar-refractivity contribution in [2.45, 2.75) is 31.8 Å². The number of carbonyl (C=O) groups excluding carboxylic acids is 2. The molecule has 0 spiro atoms. The normalized spacial score (nSPS) is 12.8. The SMILES string of the molecule is CC(NC(=O)O)C(=O)NC(CNCC=CC(=O)OCCc1c[nH]c2ccccc12)Cc1ccccc1. The smallest absolute Gasteiger partial charge is 0.405 e. The van der Waals surface area contributed by atoms with Crippen LogP contribution in [-0.2, 0) is 27.2 Å². The fourth-order valence-electron chi connectivity index (χ4n) is 3.79. The molecular formula is C27H32N4O5. The first kappa shape index (κ1) is 26.5. The van der Waals surface area contributed by atoms with Crippen molar-refractivity contribution < 1.29 is 24.2 Å². The van der Waals surface area contributed by atoms with E-state index in [1.807, 2.05) is 60.8 Å². The number of esters is 1. The fourth-order valence-corrected chi connectivity index (χ4v) is 3.79. The zero-order valence-electron chi connectivity index (χ0n) is 20.2. The van der Waals surface area contributed by atoms with Gasteiger partial charge in [0, 0.05) is 48.7 Å². The topological polar surface area (TPSA) is 133 Å². The van der Waals surface area contributed by atoms with Crippen LogP contribution in [0.5, 0.6) is 0 Å². The van der Waals surface area contributed by atoms with Crippen LogP contribution in [-0.4, -0.2) is 59.8 Å². The second-order valence-electron chi connectivity index (χ2n) is 8.40. The number of hydrogen-bond donors (Lipinski definition) is 5. The number of aromatic nitrogens is 1. The summed E-state index contributed by atoms with van der Waals surface area (Å²) >= 11 is 0. The van der Waals surface area contributed by atoms with E-state index in [-0.39, 0.29) is 12.6 Å². The van der Waals surface area contributed by atoms with E-state index in [1.54, 1.807) is 6.08 Å². The highest BCUT2D eigenvalue weighted by molar-refractivity contribution is 5.85. The second-order valence-corrected chi connectivity index (χ2v) is 8.40. The Morgan fingerprint density at radius 2 is 1.81 bits per heavy atom. The van der Waals surface area contributed by atoms with Gasteiger partial charge in [-0.3, -0.25) is 4.79 Å². The second kappa shape index (κ2) is 13.7. The van der Waals surface area contributed by atoms with Crippen molar-refractivity contribution in [3.8, 4) is 0 Å². The molecule has 2 unspecified atom stereocenters. The molecule has 2 aromatic carbocycles. The first-order chi connectivity index (χ1) is 17.4. The van der Waals surface area contributed by atoms with E-state index < -0.39 is 24.0 Å². The van der Waals surface area contributed by atoms with Crippen molar-refractivity contribution >= 4 is 28.9 Å². The fraction of sp³-hybridized carbons (Fsp3) is 0.296. The predicted octanol–water partition coefficient (Wildman–Crippen LogP) is 2.78. The van der Waals surface area contributed by atoms with Crippen molar-refractivity contribution in [3.63, 3.8) is 0 Å². The molecule has 0 fully saturated rings. The summed E-state index contributed by atoms with van der Waals surface area (Å²) in [6, 6.07) is 16.5. The Morgan fingerprint density at radius 1 is 1.06 bits per heavy atom. The molecule has 5 N–H and O–H groups in total. The van der Waals surface area contributed by atoms with Gasteiger partial charge in [0.2, 0.25) is 5.91 Å². The van der Waals surface area contributed by atoms with Crippen LogP contribution >= 0.6 is 0 Å². The Balaban J connectivity index is 1.42. The number of para-hydroxylation sites is 1. The quantitative estimate of drug-likeness (QED) is 0.142. The summed E-state index contributed by atoms with van der Waals surface area (Å²) in [5.41, 5.74) is 3.19. The standard InChI is InChI=1S/C27H32N4O5/c1-19(30-27(34)35)26(33)31-22(16-20-8-3-2-4-9-20)18-28-14-7-12-25(32)36-15-13-21-17-29-24-11-6-5-10-23(21)24/h2-12,17,19,22,28-30H,13-16,18H2,1H3,(H,31,33)(H,34,35). The van der Waals surface area contributed by atoms with Crippen molar-refractivity contribution in [1.82, 2.24) is 20.9 Å². The molecule has 3 rings (SSSR count). The van der Waals surface area contributed by atoms with Crippen LogP contribution in [0.2, 0.25) is 0 Å². The first-order valence-electron chi connectivity index (χ1n) is 11.8. The van der Waals surface area contributed by atoms with Gasteiger partial charge in [0.1, 0.15) is 6.04 Å². The van der Waals surface area contributed by atoms with Crippen molar-refractivity contribution in [3.05, 3.63) is 84.1 Å². The molecule has 190 valence electrons. The third-order valence-corrected chi connectivity index (χ3v) is 5.60. The number of fused-ring (bicyclic) bond motifs is 1. The van der Waals surface area contributed by atoms with Gasteiger partial charge in [-0.2, -0.15) is 0 Å². The molecule has 0 saturated carbocycles. The van der Waals surface area contributed by atoms with Crippen LogP contribution in [0.3, 0.4) is 0 Å². The average Bonchev–Trinajstić information content (AvgIpc) is 3.27. The number of nitrogens with one attached hydrogen (secondary N) is 4. The average molecular weight is 493 g/mol. The monoisotopic (exact) mass is 492 g/mol. The van der Waals surface area contributed by atoms with Gasteiger partial charge < -0.3 is 30.8 Å². The van der Waals surface area contributed by atoms with Crippen LogP contribution in [0.25, 0.3) is 10.9 Å². The lowest BCUT2D eigenvalue weighted by atomic mass is 10.1. The summed E-state index contributed by atoms with van der Waals surface area (Å²) in [6.07, 6.45) is 4.92. The maximum Gasteiger partial charge on any atom is 0.405 e. The number of H-pyrrole nitrogens is 1. The van der Waals surface area contributed by atoms with Gasteiger partial charge in [-0.05, 0) is 30.5 Å². The summed E-state index contributed by atoms with van der Waals surface area (Å²) in [5.74, 6) is -0.825. The maximum absolute atomic E-state index is 12.4. The minimum Gasteiger partial charge on any atom is -0.465 e. The number of amides is 2. The number of carboxylic acid groups (broad SMARTS) is 1. The van der Waals surface area contributed by atoms with E-state index in [1.165, 1.54) is 13.0 Å². The number of hydrogen-bond acceptors (Lipinski definition) is 5. The van der Waals surface area contributed by atoms with Crippen molar-refractivity contribution in [2.24, 2.45) is 0 Å². The van der Waals surface area contributed by atoms with Crippen LogP contribution in [0.1, 0.15) is 18.1 Å². The molecule has 0 saturated heterocycles. The lowest BCUT2D eigenvalue weighted by Crippen LogP contribution is -2.51. The third-order valence-electron chi connectivity index (χ3n) is 5.60. The van der Waals surface area contributed by atoms with E-state index in [0.29, 0.717) is 25.9 Å². The highest BCUT2D eigenvalue weighted by Gasteiger charge is 2.19. The molecule has 3 aromatic rings. The van der Waals surface area contributed by atoms with Gasteiger partial charge in [-0.25, -0.2) is 9.59 Å². The van der Waals surface area contributed by atoms with Gasteiger partial charge >= 0.3 is 12.1 Å². The number of rotatable bonds is 13. The molecule has 9 nitrogen and oxygen atoms in total. The Labute approximate surface area is 209 Å².